The highest BCUT2D eigenvalue weighted by molar-refractivity contribution is 7.86. The summed E-state index contributed by atoms with van der Waals surface area (Å²) in [6, 6.07) is 0. The van der Waals surface area contributed by atoms with E-state index >= 15 is 0 Å². The van der Waals surface area contributed by atoms with Gasteiger partial charge < -0.3 is 5.32 Å². The fourth-order valence-corrected chi connectivity index (χ4v) is 4.37. The number of nitrogens with zero attached hydrogens (tertiary/aromatic N) is 3. The fourth-order valence-electron chi connectivity index (χ4n) is 2.17. The van der Waals surface area contributed by atoms with Crippen LogP contribution >= 0.6 is 11.3 Å². The van der Waals surface area contributed by atoms with Gasteiger partial charge in [0.1, 0.15) is 0 Å². The second kappa shape index (κ2) is 7.03. The van der Waals surface area contributed by atoms with E-state index in [0.29, 0.717) is 31.1 Å². The molecule has 0 radical (unpaired) electrons. The Morgan fingerprint density at radius 3 is 2.82 bits per heavy atom. The molecule has 0 saturated carbocycles. The van der Waals surface area contributed by atoms with Crippen LogP contribution in [0.4, 0.5) is 5.13 Å². The molecule has 0 atom stereocenters. The summed E-state index contributed by atoms with van der Waals surface area (Å²) in [5.41, 5.74) is 0.890. The van der Waals surface area contributed by atoms with Crippen LogP contribution in [0.5, 0.6) is 0 Å². The van der Waals surface area contributed by atoms with Gasteiger partial charge in [0.15, 0.2) is 5.13 Å². The Kier molecular flexibility index (Phi) is 5.54. The Bertz CT molecular complexity index is 640. The lowest BCUT2D eigenvalue weighted by atomic mass is 10.2. The minimum atomic E-state index is -3.41. The first-order valence-corrected chi connectivity index (χ1v) is 9.52. The van der Waals surface area contributed by atoms with Crippen molar-refractivity contribution in [3.8, 4) is 0 Å². The summed E-state index contributed by atoms with van der Waals surface area (Å²) in [4.78, 5) is 17.1. The van der Waals surface area contributed by atoms with Gasteiger partial charge in [0.2, 0.25) is 5.91 Å². The van der Waals surface area contributed by atoms with Gasteiger partial charge >= 0.3 is 0 Å². The molecular formula is C13H22N4O3S2. The lowest BCUT2D eigenvalue weighted by Crippen LogP contribution is -2.42. The number of rotatable bonds is 6. The standard InChI is InChI=1S/C13H22N4O3S2/c1-4-5-6-12(18)15-13-14-10-7-8-17(9-11(10)21-13)22(19,20)16(2)3/h4-9H2,1-3H3,(H,14,15,18). The number of aromatic nitrogens is 1. The number of hydrogen-bond acceptors (Lipinski definition) is 5. The second-order valence-corrected chi connectivity index (χ2v) is 8.64. The van der Waals surface area contributed by atoms with E-state index in [1.54, 1.807) is 0 Å². The summed E-state index contributed by atoms with van der Waals surface area (Å²) >= 11 is 1.36. The van der Waals surface area contributed by atoms with Crippen molar-refractivity contribution in [1.82, 2.24) is 13.6 Å². The Balaban J connectivity index is 2.06. The molecule has 0 bridgehead atoms. The predicted molar refractivity (Wildman–Crippen MR) is 87.0 cm³/mol. The number of nitrogens with one attached hydrogen (secondary N) is 1. The summed E-state index contributed by atoms with van der Waals surface area (Å²) in [5.74, 6) is -0.0364. The summed E-state index contributed by atoms with van der Waals surface area (Å²) in [5, 5.41) is 3.37. The van der Waals surface area contributed by atoms with Gasteiger partial charge in [-0.1, -0.05) is 13.3 Å². The number of anilines is 1. The van der Waals surface area contributed by atoms with Crippen LogP contribution in [0.2, 0.25) is 0 Å². The Labute approximate surface area is 135 Å². The molecule has 0 spiro atoms. The number of amides is 1. The van der Waals surface area contributed by atoms with Crippen molar-refractivity contribution < 1.29 is 13.2 Å². The van der Waals surface area contributed by atoms with Crippen molar-refractivity contribution in [3.05, 3.63) is 10.6 Å². The first-order chi connectivity index (χ1) is 10.3. The van der Waals surface area contributed by atoms with Gasteiger partial charge in [-0.05, 0) is 6.42 Å². The largest absolute Gasteiger partial charge is 0.302 e. The predicted octanol–water partition coefficient (Wildman–Crippen LogP) is 1.44. The number of thiazole rings is 1. The Morgan fingerprint density at radius 1 is 1.45 bits per heavy atom. The Morgan fingerprint density at radius 2 is 2.18 bits per heavy atom. The molecule has 9 heteroatoms. The van der Waals surface area contributed by atoms with E-state index in [-0.39, 0.29) is 5.91 Å². The molecule has 1 aromatic rings. The highest BCUT2D eigenvalue weighted by atomic mass is 32.2. The van der Waals surface area contributed by atoms with E-state index in [2.05, 4.69) is 10.3 Å². The lowest BCUT2D eigenvalue weighted by molar-refractivity contribution is -0.116. The first-order valence-electron chi connectivity index (χ1n) is 7.30. The summed E-state index contributed by atoms with van der Waals surface area (Å²) in [6.45, 7) is 2.77. The summed E-state index contributed by atoms with van der Waals surface area (Å²) < 4.78 is 27.0. The van der Waals surface area contributed by atoms with Crippen LogP contribution in [-0.4, -0.2) is 48.6 Å². The number of fused-ring (bicyclic) bond motifs is 1. The topological polar surface area (TPSA) is 82.6 Å². The van der Waals surface area contributed by atoms with Crippen molar-refractivity contribution in [2.45, 2.75) is 39.2 Å². The van der Waals surface area contributed by atoms with Crippen LogP contribution < -0.4 is 5.32 Å². The lowest BCUT2D eigenvalue weighted by Gasteiger charge is -2.27. The molecule has 7 nitrogen and oxygen atoms in total. The average Bonchev–Trinajstić information content (AvgIpc) is 2.85. The van der Waals surface area contributed by atoms with E-state index in [1.807, 2.05) is 6.92 Å². The van der Waals surface area contributed by atoms with E-state index < -0.39 is 10.2 Å². The molecule has 1 aromatic heterocycles. The van der Waals surface area contributed by atoms with Crippen LogP contribution in [0.15, 0.2) is 0 Å². The van der Waals surface area contributed by atoms with E-state index in [9.17, 15) is 13.2 Å². The molecule has 1 amide bonds. The zero-order chi connectivity index (χ0) is 16.3. The molecule has 1 aliphatic rings. The van der Waals surface area contributed by atoms with Crippen molar-refractivity contribution in [2.75, 3.05) is 26.0 Å². The minimum absolute atomic E-state index is 0.0364. The molecule has 0 aromatic carbocycles. The van der Waals surface area contributed by atoms with Gasteiger partial charge in [-0.2, -0.15) is 17.0 Å². The summed E-state index contributed by atoms with van der Waals surface area (Å²) in [6.07, 6.45) is 2.89. The van der Waals surface area contributed by atoms with E-state index in [4.69, 9.17) is 0 Å². The average molecular weight is 346 g/mol. The molecular weight excluding hydrogens is 324 g/mol. The monoisotopic (exact) mass is 346 g/mol. The van der Waals surface area contributed by atoms with Gasteiger partial charge in [-0.3, -0.25) is 4.79 Å². The molecule has 1 N–H and O–H groups in total. The molecule has 1 aliphatic heterocycles. The second-order valence-electron chi connectivity index (χ2n) is 5.41. The minimum Gasteiger partial charge on any atom is -0.302 e. The third kappa shape index (κ3) is 3.83. The Hall–Kier alpha value is -1.03. The van der Waals surface area contributed by atoms with Gasteiger partial charge in [0.25, 0.3) is 10.2 Å². The normalized spacial score (nSPS) is 15.8. The van der Waals surface area contributed by atoms with Crippen molar-refractivity contribution in [2.24, 2.45) is 0 Å². The molecule has 22 heavy (non-hydrogen) atoms. The molecule has 0 saturated heterocycles. The van der Waals surface area contributed by atoms with E-state index in [0.717, 1.165) is 23.4 Å². The summed E-state index contributed by atoms with van der Waals surface area (Å²) in [7, 11) is -0.361. The fraction of sp³-hybridized carbons (Fsp3) is 0.692. The van der Waals surface area contributed by atoms with Gasteiger partial charge in [0.05, 0.1) is 12.2 Å². The molecule has 124 valence electrons. The maximum atomic E-state index is 12.2. The zero-order valence-electron chi connectivity index (χ0n) is 13.1. The van der Waals surface area contributed by atoms with E-state index in [1.165, 1.54) is 34.0 Å². The quantitative estimate of drug-likeness (QED) is 0.845. The van der Waals surface area contributed by atoms with Crippen molar-refractivity contribution >= 4 is 32.6 Å². The van der Waals surface area contributed by atoms with Crippen LogP contribution in [0, 0.1) is 0 Å². The molecule has 0 fully saturated rings. The van der Waals surface area contributed by atoms with Gasteiger partial charge in [-0.25, -0.2) is 4.98 Å². The maximum Gasteiger partial charge on any atom is 0.281 e. The molecule has 2 heterocycles. The molecule has 0 unspecified atom stereocenters. The third-order valence-corrected chi connectivity index (χ3v) is 6.37. The van der Waals surface area contributed by atoms with Crippen LogP contribution in [0.1, 0.15) is 36.8 Å². The molecule has 0 aliphatic carbocycles. The SMILES string of the molecule is CCCCC(=O)Nc1nc2c(s1)CN(S(=O)(=O)N(C)C)CC2. The number of hydrogen-bond donors (Lipinski definition) is 1. The number of unbranched alkanes of at least 4 members (excludes halogenated alkanes) is 1. The van der Waals surface area contributed by atoms with Crippen molar-refractivity contribution in [3.63, 3.8) is 0 Å². The number of carbonyl (C=O) groups is 1. The van der Waals surface area contributed by atoms with Gasteiger partial charge in [0, 0.05) is 38.4 Å². The first kappa shape index (κ1) is 17.3. The van der Waals surface area contributed by atoms with Crippen LogP contribution in [-0.2, 0) is 28.0 Å². The maximum absolute atomic E-state index is 12.2. The highest BCUT2D eigenvalue weighted by Gasteiger charge is 2.30. The third-order valence-electron chi connectivity index (χ3n) is 3.49. The zero-order valence-corrected chi connectivity index (χ0v) is 14.8. The molecule has 2 rings (SSSR count). The van der Waals surface area contributed by atoms with Crippen LogP contribution in [0.25, 0.3) is 0 Å². The van der Waals surface area contributed by atoms with Crippen LogP contribution in [0.3, 0.4) is 0 Å². The smallest absolute Gasteiger partial charge is 0.281 e. The van der Waals surface area contributed by atoms with Crippen molar-refractivity contribution in [1.29, 1.82) is 0 Å². The van der Waals surface area contributed by atoms with Gasteiger partial charge in [-0.15, -0.1) is 11.3 Å². The highest BCUT2D eigenvalue weighted by Crippen LogP contribution is 2.29. The number of carbonyl (C=O) groups excluding carboxylic acids is 1.